The van der Waals surface area contributed by atoms with Crippen LogP contribution in [0.25, 0.3) is 0 Å². The van der Waals surface area contributed by atoms with Gasteiger partial charge in [-0.3, -0.25) is 4.79 Å². The average Bonchev–Trinajstić information content (AvgIpc) is 2.98. The molecule has 2 heterocycles. The highest BCUT2D eigenvalue weighted by molar-refractivity contribution is 5.69. The van der Waals surface area contributed by atoms with Crippen molar-refractivity contribution in [3.8, 4) is 0 Å². The van der Waals surface area contributed by atoms with Gasteiger partial charge in [-0.25, -0.2) is 0 Å². The molecule has 2 aliphatic rings. The zero-order valence-corrected chi connectivity index (χ0v) is 24.9. The van der Waals surface area contributed by atoms with E-state index < -0.39 is 80.6 Å². The molecule has 0 aromatic heterocycles. The molecule has 246 valence electrons. The number of rotatable bonds is 20. The fourth-order valence-electron chi connectivity index (χ4n) is 5.18. The third kappa shape index (κ3) is 12.1. The standard InChI is InChI=1S/C30H54O12/c1-2-3-4-5-6-7-8-9-10-11-12-13-14-15-16-17-22(33)41-29-27(38)25(36)28(21(19-32)40-29)42-30-26(37)24(35)23(34)20(18-31)39-30/h9-10,20-21,23-32,34-38H,2-8,11-19H2,1H3/b10-9-/t20-,21-,23-,24+,25-,26-,27-,28-,29+,30-/m1/s1. The first-order chi connectivity index (χ1) is 20.2. The quantitative estimate of drug-likeness (QED) is 0.0595. The molecule has 42 heavy (non-hydrogen) atoms. The summed E-state index contributed by atoms with van der Waals surface area (Å²) >= 11 is 0. The number of carbonyl (C=O) groups excluding carboxylic acids is 1. The van der Waals surface area contributed by atoms with Gasteiger partial charge < -0.3 is 54.7 Å². The van der Waals surface area contributed by atoms with Gasteiger partial charge in [-0.2, -0.15) is 0 Å². The maximum Gasteiger partial charge on any atom is 0.308 e. The molecule has 0 radical (unpaired) electrons. The fraction of sp³-hybridized carbons (Fsp3) is 0.900. The van der Waals surface area contributed by atoms with Gasteiger partial charge in [0.15, 0.2) is 6.29 Å². The van der Waals surface area contributed by atoms with Gasteiger partial charge in [0.1, 0.15) is 48.8 Å². The largest absolute Gasteiger partial charge is 0.433 e. The summed E-state index contributed by atoms with van der Waals surface area (Å²) in [5.74, 6) is -0.617. The number of aliphatic hydroxyl groups excluding tert-OH is 7. The molecular formula is C30H54O12. The summed E-state index contributed by atoms with van der Waals surface area (Å²) in [5, 5.41) is 70.4. The lowest BCUT2D eigenvalue weighted by Crippen LogP contribution is -2.64. The zero-order valence-electron chi connectivity index (χ0n) is 24.9. The maximum absolute atomic E-state index is 12.3. The third-order valence-corrected chi connectivity index (χ3v) is 7.85. The first-order valence-corrected chi connectivity index (χ1v) is 15.7. The molecule has 0 aromatic carbocycles. The van der Waals surface area contributed by atoms with Crippen molar-refractivity contribution in [1.82, 2.24) is 0 Å². The van der Waals surface area contributed by atoms with E-state index in [0.717, 1.165) is 38.5 Å². The number of esters is 1. The van der Waals surface area contributed by atoms with E-state index in [1.807, 2.05) is 0 Å². The number of carbonyl (C=O) groups is 1. The van der Waals surface area contributed by atoms with Crippen LogP contribution in [0.15, 0.2) is 12.2 Å². The van der Waals surface area contributed by atoms with Gasteiger partial charge in [0.2, 0.25) is 6.29 Å². The molecule has 2 aliphatic heterocycles. The number of unbranched alkanes of at least 4 members (excludes halogenated alkanes) is 11. The van der Waals surface area contributed by atoms with Gasteiger partial charge in [0.05, 0.1) is 13.2 Å². The highest BCUT2D eigenvalue weighted by Gasteiger charge is 2.51. The predicted octanol–water partition coefficient (Wildman–Crippen LogP) is 1.19. The maximum atomic E-state index is 12.3. The van der Waals surface area contributed by atoms with Gasteiger partial charge in [0.25, 0.3) is 0 Å². The Morgan fingerprint density at radius 2 is 1.17 bits per heavy atom. The molecule has 12 nitrogen and oxygen atoms in total. The van der Waals surface area contributed by atoms with E-state index in [1.54, 1.807) is 0 Å². The summed E-state index contributed by atoms with van der Waals surface area (Å²) in [6, 6.07) is 0. The second kappa shape index (κ2) is 20.7. The van der Waals surface area contributed by atoms with Crippen molar-refractivity contribution in [2.45, 2.75) is 158 Å². The SMILES string of the molecule is CCCCCCCC/C=C\CCCCCCCC(=O)O[C@@H]1O[C@H](CO)[C@@H](O[C@H]2O[C@H](CO)[C@@H](O)[C@H](O)[C@H]2O)[C@H](O)[C@H]1O. The molecule has 0 saturated carbocycles. The van der Waals surface area contributed by atoms with E-state index >= 15 is 0 Å². The second-order valence-corrected chi connectivity index (χ2v) is 11.3. The van der Waals surface area contributed by atoms with Crippen LogP contribution in [0.2, 0.25) is 0 Å². The number of aliphatic hydroxyl groups is 7. The molecule has 2 rings (SSSR count). The van der Waals surface area contributed by atoms with E-state index in [4.69, 9.17) is 18.9 Å². The third-order valence-electron chi connectivity index (χ3n) is 7.85. The molecule has 0 spiro atoms. The van der Waals surface area contributed by atoms with Crippen LogP contribution in [0.1, 0.15) is 96.8 Å². The van der Waals surface area contributed by atoms with E-state index in [0.29, 0.717) is 6.42 Å². The number of hydrogen-bond acceptors (Lipinski definition) is 12. The monoisotopic (exact) mass is 606 g/mol. The molecule has 0 aromatic rings. The number of allylic oxidation sites excluding steroid dienone is 2. The van der Waals surface area contributed by atoms with Crippen LogP contribution < -0.4 is 0 Å². The van der Waals surface area contributed by atoms with Gasteiger partial charge in [-0.05, 0) is 32.1 Å². The Kier molecular flexibility index (Phi) is 18.2. The molecule has 0 aliphatic carbocycles. The fourth-order valence-corrected chi connectivity index (χ4v) is 5.18. The van der Waals surface area contributed by atoms with Crippen LogP contribution in [-0.4, -0.2) is 116 Å². The topological polar surface area (TPSA) is 196 Å². The van der Waals surface area contributed by atoms with Crippen LogP contribution in [0.3, 0.4) is 0 Å². The molecular weight excluding hydrogens is 552 g/mol. The smallest absolute Gasteiger partial charge is 0.308 e. The summed E-state index contributed by atoms with van der Waals surface area (Å²) in [6.45, 7) is 0.843. The van der Waals surface area contributed by atoms with Gasteiger partial charge in [-0.15, -0.1) is 0 Å². The minimum absolute atomic E-state index is 0.107. The highest BCUT2D eigenvalue weighted by atomic mass is 16.7. The Hall–Kier alpha value is -1.19. The highest BCUT2D eigenvalue weighted by Crippen LogP contribution is 2.29. The van der Waals surface area contributed by atoms with Crippen LogP contribution >= 0.6 is 0 Å². The summed E-state index contributed by atoms with van der Waals surface area (Å²) < 4.78 is 21.5. The lowest BCUT2D eigenvalue weighted by atomic mass is 9.97. The molecule has 0 amide bonds. The molecule has 0 bridgehead atoms. The van der Waals surface area contributed by atoms with E-state index in [9.17, 15) is 40.5 Å². The molecule has 12 heteroatoms. The predicted molar refractivity (Wildman–Crippen MR) is 152 cm³/mol. The summed E-state index contributed by atoms with van der Waals surface area (Å²) in [6.07, 6.45) is 3.61. The minimum atomic E-state index is -1.76. The molecule has 2 saturated heterocycles. The average molecular weight is 607 g/mol. The van der Waals surface area contributed by atoms with Crippen molar-refractivity contribution in [3.63, 3.8) is 0 Å². The van der Waals surface area contributed by atoms with E-state index in [1.165, 1.54) is 38.5 Å². The van der Waals surface area contributed by atoms with Crippen molar-refractivity contribution in [2.75, 3.05) is 13.2 Å². The van der Waals surface area contributed by atoms with Crippen molar-refractivity contribution in [1.29, 1.82) is 0 Å². The van der Waals surface area contributed by atoms with Gasteiger partial charge in [-0.1, -0.05) is 70.4 Å². The molecule has 0 unspecified atom stereocenters. The Labute approximate surface area is 249 Å². The molecule has 7 N–H and O–H groups in total. The second-order valence-electron chi connectivity index (χ2n) is 11.3. The Balaban J connectivity index is 1.64. The van der Waals surface area contributed by atoms with E-state index in [-0.39, 0.29) is 6.42 Å². The van der Waals surface area contributed by atoms with Crippen molar-refractivity contribution >= 4 is 5.97 Å². The van der Waals surface area contributed by atoms with Crippen LogP contribution in [-0.2, 0) is 23.7 Å². The Morgan fingerprint density at radius 1 is 0.643 bits per heavy atom. The van der Waals surface area contributed by atoms with Crippen molar-refractivity contribution in [2.24, 2.45) is 0 Å². The summed E-state index contributed by atoms with van der Waals surface area (Å²) in [7, 11) is 0. The van der Waals surface area contributed by atoms with Crippen molar-refractivity contribution < 1.29 is 59.5 Å². The summed E-state index contributed by atoms with van der Waals surface area (Å²) in [4.78, 5) is 12.3. The zero-order chi connectivity index (χ0) is 30.9. The summed E-state index contributed by atoms with van der Waals surface area (Å²) in [5.41, 5.74) is 0. The minimum Gasteiger partial charge on any atom is -0.433 e. The van der Waals surface area contributed by atoms with Crippen LogP contribution in [0.5, 0.6) is 0 Å². The first-order valence-electron chi connectivity index (χ1n) is 15.7. The number of ether oxygens (including phenoxy) is 4. The van der Waals surface area contributed by atoms with Crippen LogP contribution in [0.4, 0.5) is 0 Å². The lowest BCUT2D eigenvalue weighted by Gasteiger charge is -2.45. The molecule has 2 fully saturated rings. The van der Waals surface area contributed by atoms with E-state index in [2.05, 4.69) is 19.1 Å². The van der Waals surface area contributed by atoms with Crippen LogP contribution in [0, 0.1) is 0 Å². The lowest BCUT2D eigenvalue weighted by molar-refractivity contribution is -0.355. The Morgan fingerprint density at radius 3 is 1.76 bits per heavy atom. The Bertz CT molecular complexity index is 748. The van der Waals surface area contributed by atoms with Crippen molar-refractivity contribution in [3.05, 3.63) is 12.2 Å². The first kappa shape index (κ1) is 37.0. The molecule has 10 atom stereocenters. The van der Waals surface area contributed by atoms with Gasteiger partial charge in [0, 0.05) is 6.42 Å². The number of hydrogen-bond donors (Lipinski definition) is 7. The van der Waals surface area contributed by atoms with Gasteiger partial charge >= 0.3 is 5.97 Å². The normalized spacial score (nSPS) is 33.7.